The van der Waals surface area contributed by atoms with Crippen LogP contribution in [-0.2, 0) is 13.0 Å². The van der Waals surface area contributed by atoms with E-state index in [4.69, 9.17) is 10.5 Å². The lowest BCUT2D eigenvalue weighted by Gasteiger charge is -2.13. The second-order valence-corrected chi connectivity index (χ2v) is 4.61. The average Bonchev–Trinajstić information content (AvgIpc) is 2.49. The minimum atomic E-state index is -0.265. The number of ether oxygens (including phenoxy) is 1. The zero-order chi connectivity index (χ0) is 15.2. The van der Waals surface area contributed by atoms with Crippen LogP contribution in [0.3, 0.4) is 0 Å². The number of methoxy groups -OCH3 is 1. The number of aryl methyl sites for hydroxylation is 1. The molecule has 1 heterocycles. The quantitative estimate of drug-likeness (QED) is 0.855. The van der Waals surface area contributed by atoms with Crippen molar-refractivity contribution in [2.75, 3.05) is 18.2 Å². The van der Waals surface area contributed by atoms with Crippen molar-refractivity contribution in [2.24, 2.45) is 0 Å². The number of halogens is 1. The standard InChI is InChI=1S/C15H19FN4O/c1-3-6-12-19-14(13(17)15(20-12)21-2)18-9-10-7-4-5-8-11(10)16/h4-5,7-8H,3,6,9,17H2,1-2H3,(H,18,19,20). The molecule has 1 aromatic carbocycles. The first kappa shape index (κ1) is 15.0. The molecule has 0 saturated heterocycles. The molecular weight excluding hydrogens is 271 g/mol. The lowest BCUT2D eigenvalue weighted by atomic mass is 10.2. The molecule has 112 valence electrons. The van der Waals surface area contributed by atoms with Crippen molar-refractivity contribution in [3.05, 3.63) is 41.5 Å². The van der Waals surface area contributed by atoms with Crippen molar-refractivity contribution < 1.29 is 9.13 Å². The zero-order valence-electron chi connectivity index (χ0n) is 12.2. The Bertz CT molecular complexity index is 619. The highest BCUT2D eigenvalue weighted by Gasteiger charge is 2.12. The molecule has 0 saturated carbocycles. The molecule has 0 fully saturated rings. The van der Waals surface area contributed by atoms with Crippen molar-refractivity contribution in [3.8, 4) is 5.88 Å². The van der Waals surface area contributed by atoms with Gasteiger partial charge in [0, 0.05) is 18.5 Å². The molecule has 21 heavy (non-hydrogen) atoms. The Labute approximate surface area is 123 Å². The summed E-state index contributed by atoms with van der Waals surface area (Å²) in [6.45, 7) is 2.33. The monoisotopic (exact) mass is 290 g/mol. The third kappa shape index (κ3) is 3.59. The van der Waals surface area contributed by atoms with E-state index in [1.54, 1.807) is 18.2 Å². The second-order valence-electron chi connectivity index (χ2n) is 4.61. The van der Waals surface area contributed by atoms with Crippen molar-refractivity contribution in [3.63, 3.8) is 0 Å². The maximum atomic E-state index is 13.6. The molecule has 0 aliphatic carbocycles. The summed E-state index contributed by atoms with van der Waals surface area (Å²) in [4.78, 5) is 8.61. The summed E-state index contributed by atoms with van der Waals surface area (Å²) in [5, 5.41) is 3.05. The summed E-state index contributed by atoms with van der Waals surface area (Å²) in [7, 11) is 1.51. The Kier molecular flexibility index (Phi) is 4.92. The van der Waals surface area contributed by atoms with Crippen LogP contribution >= 0.6 is 0 Å². The molecule has 2 aromatic rings. The van der Waals surface area contributed by atoms with Crippen LogP contribution < -0.4 is 15.8 Å². The van der Waals surface area contributed by atoms with E-state index in [0.717, 1.165) is 12.8 Å². The zero-order valence-corrected chi connectivity index (χ0v) is 12.2. The third-order valence-electron chi connectivity index (χ3n) is 3.03. The van der Waals surface area contributed by atoms with Gasteiger partial charge >= 0.3 is 0 Å². The van der Waals surface area contributed by atoms with Gasteiger partial charge in [0.1, 0.15) is 17.3 Å². The third-order valence-corrected chi connectivity index (χ3v) is 3.03. The van der Waals surface area contributed by atoms with Gasteiger partial charge in [0.15, 0.2) is 5.82 Å². The van der Waals surface area contributed by atoms with Gasteiger partial charge in [-0.1, -0.05) is 25.1 Å². The van der Waals surface area contributed by atoms with Gasteiger partial charge in [0.25, 0.3) is 0 Å². The maximum Gasteiger partial charge on any atom is 0.242 e. The molecule has 0 unspecified atom stereocenters. The number of benzene rings is 1. The van der Waals surface area contributed by atoms with E-state index >= 15 is 0 Å². The van der Waals surface area contributed by atoms with Gasteiger partial charge in [-0.25, -0.2) is 9.37 Å². The molecule has 0 amide bonds. The van der Waals surface area contributed by atoms with Gasteiger partial charge in [-0.2, -0.15) is 4.98 Å². The van der Waals surface area contributed by atoms with Gasteiger partial charge in [-0.15, -0.1) is 0 Å². The number of hydrogen-bond acceptors (Lipinski definition) is 5. The fourth-order valence-corrected chi connectivity index (χ4v) is 1.94. The summed E-state index contributed by atoms with van der Waals surface area (Å²) in [6.07, 6.45) is 1.64. The second kappa shape index (κ2) is 6.88. The predicted octanol–water partition coefficient (Wildman–Crippen LogP) is 2.77. The molecule has 1 aromatic heterocycles. The predicted molar refractivity (Wildman–Crippen MR) is 80.7 cm³/mol. The summed E-state index contributed by atoms with van der Waals surface area (Å²) in [5.74, 6) is 1.19. The van der Waals surface area contributed by atoms with Crippen LogP contribution in [-0.4, -0.2) is 17.1 Å². The van der Waals surface area contributed by atoms with E-state index in [1.807, 2.05) is 6.92 Å². The number of hydrogen-bond donors (Lipinski definition) is 2. The summed E-state index contributed by atoms with van der Waals surface area (Å²) < 4.78 is 18.8. The summed E-state index contributed by atoms with van der Waals surface area (Å²) in [5.41, 5.74) is 6.83. The van der Waals surface area contributed by atoms with E-state index in [-0.39, 0.29) is 5.82 Å². The molecule has 0 bridgehead atoms. The molecule has 6 heteroatoms. The Morgan fingerprint density at radius 3 is 2.71 bits per heavy atom. The highest BCUT2D eigenvalue weighted by Crippen LogP contribution is 2.26. The molecule has 0 aliphatic heterocycles. The fraction of sp³-hybridized carbons (Fsp3) is 0.333. The number of anilines is 2. The van der Waals surface area contributed by atoms with Crippen LogP contribution in [0.15, 0.2) is 24.3 Å². The van der Waals surface area contributed by atoms with Gasteiger partial charge in [-0.3, -0.25) is 0 Å². The fourth-order valence-electron chi connectivity index (χ4n) is 1.94. The minimum Gasteiger partial charge on any atom is -0.479 e. The van der Waals surface area contributed by atoms with Gasteiger partial charge in [0.05, 0.1) is 7.11 Å². The van der Waals surface area contributed by atoms with Crippen LogP contribution in [0.1, 0.15) is 24.7 Å². The Morgan fingerprint density at radius 2 is 2.05 bits per heavy atom. The Balaban J connectivity index is 2.22. The van der Waals surface area contributed by atoms with Gasteiger partial charge < -0.3 is 15.8 Å². The van der Waals surface area contributed by atoms with Gasteiger partial charge in [-0.05, 0) is 12.5 Å². The Hall–Kier alpha value is -2.37. The largest absolute Gasteiger partial charge is 0.479 e. The molecular formula is C15H19FN4O. The van der Waals surface area contributed by atoms with Crippen molar-refractivity contribution in [1.82, 2.24) is 9.97 Å². The molecule has 0 atom stereocenters. The molecule has 0 aliphatic rings. The molecule has 5 nitrogen and oxygen atoms in total. The van der Waals surface area contributed by atoms with Crippen molar-refractivity contribution in [1.29, 1.82) is 0 Å². The molecule has 3 N–H and O–H groups in total. The first-order valence-corrected chi connectivity index (χ1v) is 6.83. The Morgan fingerprint density at radius 1 is 1.29 bits per heavy atom. The topological polar surface area (TPSA) is 73.1 Å². The van der Waals surface area contributed by atoms with Crippen molar-refractivity contribution in [2.45, 2.75) is 26.3 Å². The molecule has 2 rings (SSSR count). The SMILES string of the molecule is CCCc1nc(NCc2ccccc2F)c(N)c(OC)n1. The lowest BCUT2D eigenvalue weighted by molar-refractivity contribution is 0.397. The van der Waals surface area contributed by atoms with E-state index in [9.17, 15) is 4.39 Å². The average molecular weight is 290 g/mol. The van der Waals surface area contributed by atoms with Crippen LogP contribution in [0.2, 0.25) is 0 Å². The maximum absolute atomic E-state index is 13.6. The first-order valence-electron chi connectivity index (χ1n) is 6.83. The number of nitrogens with zero attached hydrogens (tertiary/aromatic N) is 2. The highest BCUT2D eigenvalue weighted by molar-refractivity contribution is 5.67. The number of nitrogen functional groups attached to an aromatic ring is 1. The number of nitrogens with one attached hydrogen (secondary N) is 1. The normalized spacial score (nSPS) is 10.4. The van der Waals surface area contributed by atoms with Crippen LogP contribution in [0.5, 0.6) is 5.88 Å². The number of aromatic nitrogens is 2. The first-order chi connectivity index (χ1) is 10.2. The van der Waals surface area contributed by atoms with Gasteiger partial charge in [0.2, 0.25) is 5.88 Å². The van der Waals surface area contributed by atoms with E-state index in [0.29, 0.717) is 35.3 Å². The van der Waals surface area contributed by atoms with E-state index < -0.39 is 0 Å². The molecule has 0 spiro atoms. The molecule has 0 radical (unpaired) electrons. The smallest absolute Gasteiger partial charge is 0.242 e. The van der Waals surface area contributed by atoms with E-state index in [1.165, 1.54) is 13.2 Å². The number of nitrogens with two attached hydrogens (primary N) is 1. The van der Waals surface area contributed by atoms with Crippen molar-refractivity contribution >= 4 is 11.5 Å². The summed E-state index contributed by atoms with van der Waals surface area (Å²) >= 11 is 0. The van der Waals surface area contributed by atoms with Crippen LogP contribution in [0.4, 0.5) is 15.9 Å². The lowest BCUT2D eigenvalue weighted by Crippen LogP contribution is -2.10. The van der Waals surface area contributed by atoms with Crippen LogP contribution in [0.25, 0.3) is 0 Å². The number of rotatable bonds is 6. The highest BCUT2D eigenvalue weighted by atomic mass is 19.1. The van der Waals surface area contributed by atoms with E-state index in [2.05, 4.69) is 15.3 Å². The summed E-state index contributed by atoms with van der Waals surface area (Å²) in [6, 6.07) is 6.57. The minimum absolute atomic E-state index is 0.265. The van der Waals surface area contributed by atoms with Crippen LogP contribution in [0, 0.1) is 5.82 Å².